The van der Waals surface area contributed by atoms with Crippen LogP contribution in [0.4, 0.5) is 18.9 Å². The topological polar surface area (TPSA) is 54.0 Å². The fourth-order valence-electron chi connectivity index (χ4n) is 3.17. The van der Waals surface area contributed by atoms with E-state index in [0.29, 0.717) is 24.8 Å². The van der Waals surface area contributed by atoms with E-state index in [4.69, 9.17) is 4.74 Å². The fraction of sp³-hybridized carbons (Fsp3) is 0.632. The molecule has 1 atom stereocenters. The highest BCUT2D eigenvalue weighted by atomic mass is 19.4. The third kappa shape index (κ3) is 8.45. The number of ether oxygens (including phenoxy) is 2. The Morgan fingerprint density at radius 3 is 2.64 bits per heavy atom. The van der Waals surface area contributed by atoms with Gasteiger partial charge in [-0.05, 0) is 37.2 Å². The summed E-state index contributed by atoms with van der Waals surface area (Å²) < 4.78 is 46.1. The van der Waals surface area contributed by atoms with Crippen LogP contribution in [-0.4, -0.2) is 74.6 Å². The molecule has 0 saturated carbocycles. The van der Waals surface area contributed by atoms with Crippen molar-refractivity contribution in [1.29, 1.82) is 0 Å². The highest BCUT2D eigenvalue weighted by Gasteiger charge is 2.31. The molecule has 158 valence electrons. The van der Waals surface area contributed by atoms with Gasteiger partial charge in [0.1, 0.15) is 5.75 Å². The first kappa shape index (κ1) is 22.4. The lowest BCUT2D eigenvalue weighted by molar-refractivity contribution is -0.274. The Kier molecular flexibility index (Phi) is 8.09. The van der Waals surface area contributed by atoms with Gasteiger partial charge in [-0.15, -0.1) is 13.2 Å². The highest BCUT2D eigenvalue weighted by Crippen LogP contribution is 2.23. The van der Waals surface area contributed by atoms with E-state index in [-0.39, 0.29) is 24.3 Å². The molecule has 1 aliphatic rings. The molecule has 1 amide bonds. The van der Waals surface area contributed by atoms with Crippen molar-refractivity contribution < 1.29 is 27.4 Å². The van der Waals surface area contributed by atoms with E-state index in [1.807, 2.05) is 11.9 Å². The first-order valence-electron chi connectivity index (χ1n) is 9.29. The predicted molar refractivity (Wildman–Crippen MR) is 100 cm³/mol. The van der Waals surface area contributed by atoms with E-state index >= 15 is 0 Å². The van der Waals surface area contributed by atoms with Crippen molar-refractivity contribution in [2.45, 2.75) is 26.3 Å². The van der Waals surface area contributed by atoms with Crippen molar-refractivity contribution in [1.82, 2.24) is 9.80 Å². The molecule has 1 aromatic rings. The van der Waals surface area contributed by atoms with Gasteiger partial charge in [-0.1, -0.05) is 13.8 Å². The minimum Gasteiger partial charge on any atom is -0.406 e. The van der Waals surface area contributed by atoms with Gasteiger partial charge in [0.05, 0.1) is 19.3 Å². The third-order valence-corrected chi connectivity index (χ3v) is 4.15. The molecule has 0 spiro atoms. The Hall–Kier alpha value is -1.84. The lowest BCUT2D eigenvalue weighted by Crippen LogP contribution is -2.48. The SMILES string of the molecule is CC(C)CN1CCO[C@@H](CN(C)CC(=O)Nc2ccc(OC(F)(F)F)cc2)C1. The van der Waals surface area contributed by atoms with Gasteiger partial charge >= 0.3 is 6.36 Å². The number of nitrogens with one attached hydrogen (secondary N) is 1. The van der Waals surface area contributed by atoms with Crippen LogP contribution in [-0.2, 0) is 9.53 Å². The number of benzene rings is 1. The average molecular weight is 403 g/mol. The molecular formula is C19H28F3N3O3. The number of alkyl halides is 3. The molecule has 0 aromatic heterocycles. The molecule has 2 rings (SSSR count). The molecule has 0 aliphatic carbocycles. The number of carbonyl (C=O) groups is 1. The number of rotatable bonds is 8. The van der Waals surface area contributed by atoms with E-state index < -0.39 is 6.36 Å². The Labute approximate surface area is 163 Å². The zero-order valence-electron chi connectivity index (χ0n) is 16.5. The third-order valence-electron chi connectivity index (χ3n) is 4.15. The van der Waals surface area contributed by atoms with Crippen LogP contribution in [0.15, 0.2) is 24.3 Å². The number of nitrogens with zero attached hydrogens (tertiary/aromatic N) is 2. The predicted octanol–water partition coefficient (Wildman–Crippen LogP) is 2.81. The molecule has 1 aliphatic heterocycles. The van der Waals surface area contributed by atoms with E-state index in [1.54, 1.807) is 0 Å². The van der Waals surface area contributed by atoms with Gasteiger partial charge in [-0.3, -0.25) is 14.6 Å². The van der Waals surface area contributed by atoms with Gasteiger partial charge in [0.15, 0.2) is 0 Å². The van der Waals surface area contributed by atoms with Crippen LogP contribution in [0.1, 0.15) is 13.8 Å². The molecule has 1 aromatic carbocycles. The molecule has 0 radical (unpaired) electrons. The van der Waals surface area contributed by atoms with Crippen LogP contribution in [0.25, 0.3) is 0 Å². The van der Waals surface area contributed by atoms with Crippen molar-refractivity contribution in [3.8, 4) is 5.75 Å². The Morgan fingerprint density at radius 2 is 2.04 bits per heavy atom. The van der Waals surface area contributed by atoms with Crippen molar-refractivity contribution >= 4 is 11.6 Å². The summed E-state index contributed by atoms with van der Waals surface area (Å²) in [5.41, 5.74) is 0.407. The standard InChI is InChI=1S/C19H28F3N3O3/c1-14(2)10-25-8-9-27-17(12-25)11-24(3)13-18(26)23-15-4-6-16(7-5-15)28-19(20,21)22/h4-7,14,17H,8-13H2,1-3H3,(H,23,26)/t17-/m0/s1. The van der Waals surface area contributed by atoms with E-state index in [2.05, 4.69) is 28.8 Å². The lowest BCUT2D eigenvalue weighted by atomic mass is 10.1. The summed E-state index contributed by atoms with van der Waals surface area (Å²) in [6.45, 7) is 8.62. The number of anilines is 1. The first-order chi connectivity index (χ1) is 13.1. The monoisotopic (exact) mass is 403 g/mol. The van der Waals surface area contributed by atoms with Crippen molar-refractivity contribution in [3.05, 3.63) is 24.3 Å². The Morgan fingerprint density at radius 1 is 1.36 bits per heavy atom. The summed E-state index contributed by atoms with van der Waals surface area (Å²) in [5.74, 6) is 0.0139. The molecule has 1 heterocycles. The molecular weight excluding hydrogens is 375 g/mol. The van der Waals surface area contributed by atoms with Crippen LogP contribution >= 0.6 is 0 Å². The number of hydrogen-bond acceptors (Lipinski definition) is 5. The number of likely N-dealkylation sites (N-methyl/N-ethyl adjacent to an activating group) is 1. The van der Waals surface area contributed by atoms with Gasteiger partial charge in [0, 0.05) is 31.9 Å². The average Bonchev–Trinajstić information content (AvgIpc) is 2.54. The zero-order chi connectivity index (χ0) is 20.7. The van der Waals surface area contributed by atoms with Crippen molar-refractivity contribution in [2.75, 3.05) is 51.7 Å². The number of morpholine rings is 1. The van der Waals surface area contributed by atoms with E-state index in [1.165, 1.54) is 12.1 Å². The molecule has 28 heavy (non-hydrogen) atoms. The molecule has 6 nitrogen and oxygen atoms in total. The van der Waals surface area contributed by atoms with Crippen LogP contribution in [0.5, 0.6) is 5.75 Å². The Bertz CT molecular complexity index is 623. The fourth-order valence-corrected chi connectivity index (χ4v) is 3.17. The molecule has 0 unspecified atom stereocenters. The maximum absolute atomic E-state index is 12.2. The van der Waals surface area contributed by atoms with Crippen LogP contribution < -0.4 is 10.1 Å². The highest BCUT2D eigenvalue weighted by molar-refractivity contribution is 5.92. The second kappa shape index (κ2) is 10.1. The van der Waals surface area contributed by atoms with Crippen LogP contribution in [0, 0.1) is 5.92 Å². The summed E-state index contributed by atoms with van der Waals surface area (Å²) in [5, 5.41) is 2.67. The van der Waals surface area contributed by atoms with E-state index in [9.17, 15) is 18.0 Å². The summed E-state index contributed by atoms with van der Waals surface area (Å²) in [6, 6.07) is 5.05. The minimum atomic E-state index is -4.74. The van der Waals surface area contributed by atoms with Gasteiger partial charge in [0.25, 0.3) is 0 Å². The number of halogens is 3. The molecule has 1 fully saturated rings. The van der Waals surface area contributed by atoms with Crippen molar-refractivity contribution in [2.24, 2.45) is 5.92 Å². The number of carbonyl (C=O) groups excluding carboxylic acids is 1. The normalized spacial score (nSPS) is 18.5. The zero-order valence-corrected chi connectivity index (χ0v) is 16.5. The summed E-state index contributed by atoms with van der Waals surface area (Å²) in [4.78, 5) is 16.4. The largest absolute Gasteiger partial charge is 0.573 e. The maximum atomic E-state index is 12.2. The van der Waals surface area contributed by atoms with E-state index in [0.717, 1.165) is 31.8 Å². The number of amides is 1. The first-order valence-corrected chi connectivity index (χ1v) is 9.29. The Balaban J connectivity index is 1.76. The van der Waals surface area contributed by atoms with Gasteiger partial charge < -0.3 is 14.8 Å². The molecule has 0 bridgehead atoms. The molecule has 1 saturated heterocycles. The maximum Gasteiger partial charge on any atom is 0.573 e. The smallest absolute Gasteiger partial charge is 0.406 e. The summed E-state index contributed by atoms with van der Waals surface area (Å²) in [7, 11) is 1.84. The van der Waals surface area contributed by atoms with Crippen LogP contribution in [0.3, 0.4) is 0 Å². The second-order valence-electron chi connectivity index (χ2n) is 7.46. The minimum absolute atomic E-state index is 0.0455. The van der Waals surface area contributed by atoms with Crippen molar-refractivity contribution in [3.63, 3.8) is 0 Å². The van der Waals surface area contributed by atoms with Gasteiger partial charge in [-0.2, -0.15) is 0 Å². The van der Waals surface area contributed by atoms with Gasteiger partial charge in [0.2, 0.25) is 5.91 Å². The summed E-state index contributed by atoms with van der Waals surface area (Å²) in [6.07, 6.45) is -4.69. The molecule has 9 heteroatoms. The summed E-state index contributed by atoms with van der Waals surface area (Å²) >= 11 is 0. The quantitative estimate of drug-likeness (QED) is 0.724. The van der Waals surface area contributed by atoms with Gasteiger partial charge in [-0.25, -0.2) is 0 Å². The number of hydrogen-bond donors (Lipinski definition) is 1. The lowest BCUT2D eigenvalue weighted by Gasteiger charge is -2.35. The van der Waals surface area contributed by atoms with Crippen LogP contribution in [0.2, 0.25) is 0 Å². The molecule has 1 N–H and O–H groups in total. The second-order valence-corrected chi connectivity index (χ2v) is 7.46.